The molecule has 0 aliphatic rings. The van der Waals surface area contributed by atoms with E-state index in [2.05, 4.69) is 10.4 Å². The number of carbonyl (C=O) groups is 1. The first-order valence-electron chi connectivity index (χ1n) is 8.37. The van der Waals surface area contributed by atoms with E-state index < -0.39 is 0 Å². The molecule has 0 bridgehead atoms. The molecule has 3 aromatic rings. The number of halogens is 1. The molecule has 3 rings (SSSR count). The van der Waals surface area contributed by atoms with Gasteiger partial charge in [-0.15, -0.1) is 0 Å². The summed E-state index contributed by atoms with van der Waals surface area (Å²) >= 11 is 6.04. The molecule has 0 radical (unpaired) electrons. The minimum Gasteiger partial charge on any atom is -0.497 e. The zero-order valence-electron chi connectivity index (χ0n) is 15.1. The van der Waals surface area contributed by atoms with Gasteiger partial charge in [-0.2, -0.15) is 5.10 Å². The van der Waals surface area contributed by atoms with Crippen LogP contribution in [0, 0.1) is 0 Å². The highest BCUT2D eigenvalue weighted by atomic mass is 35.5. The Hall–Kier alpha value is -2.99. The molecule has 2 aromatic carbocycles. The number of aryl methyl sites for hydroxylation is 1. The molecule has 1 aromatic heterocycles. The second-order valence-corrected chi connectivity index (χ2v) is 6.31. The van der Waals surface area contributed by atoms with Crippen molar-refractivity contribution in [3.63, 3.8) is 0 Å². The zero-order valence-corrected chi connectivity index (χ0v) is 15.9. The van der Waals surface area contributed by atoms with Crippen molar-refractivity contribution < 1.29 is 14.3 Å². The maximum absolute atomic E-state index is 12.3. The van der Waals surface area contributed by atoms with Crippen molar-refractivity contribution in [3.05, 3.63) is 76.6 Å². The smallest absolute Gasteiger partial charge is 0.251 e. The molecule has 140 valence electrons. The lowest BCUT2D eigenvalue weighted by Crippen LogP contribution is -2.24. The van der Waals surface area contributed by atoms with Crippen molar-refractivity contribution in [2.45, 2.75) is 13.2 Å². The molecule has 27 heavy (non-hydrogen) atoms. The lowest BCUT2D eigenvalue weighted by molar-refractivity contribution is 0.0950. The van der Waals surface area contributed by atoms with Crippen molar-refractivity contribution in [2.75, 3.05) is 7.11 Å². The standard InChI is InChI=1S/C20H20ClN3O3/c1-24-19(18(21)11-23-24)12-22-20(25)15-5-3-14(4-6-15)13-27-17-9-7-16(26-2)8-10-17/h3-11H,12-13H2,1-2H3,(H,22,25). The third-order valence-corrected chi connectivity index (χ3v) is 4.42. The summed E-state index contributed by atoms with van der Waals surface area (Å²) in [5.74, 6) is 1.37. The van der Waals surface area contributed by atoms with Crippen LogP contribution in [0.2, 0.25) is 5.02 Å². The molecule has 1 N–H and O–H groups in total. The summed E-state index contributed by atoms with van der Waals surface area (Å²) in [7, 11) is 3.41. The number of nitrogens with one attached hydrogen (secondary N) is 1. The summed E-state index contributed by atoms with van der Waals surface area (Å²) < 4.78 is 12.5. The van der Waals surface area contributed by atoms with Crippen LogP contribution in [0.1, 0.15) is 21.6 Å². The molecule has 0 fully saturated rings. The van der Waals surface area contributed by atoms with Crippen molar-refractivity contribution in [3.8, 4) is 11.5 Å². The Kier molecular flexibility index (Phi) is 5.98. The summed E-state index contributed by atoms with van der Waals surface area (Å²) in [5, 5.41) is 7.42. The molecular formula is C20H20ClN3O3. The highest BCUT2D eigenvalue weighted by Crippen LogP contribution is 2.18. The van der Waals surface area contributed by atoms with E-state index in [4.69, 9.17) is 21.1 Å². The van der Waals surface area contributed by atoms with Gasteiger partial charge in [0.25, 0.3) is 5.91 Å². The van der Waals surface area contributed by atoms with Gasteiger partial charge in [-0.25, -0.2) is 0 Å². The van der Waals surface area contributed by atoms with E-state index >= 15 is 0 Å². The summed E-state index contributed by atoms with van der Waals surface area (Å²) in [6.45, 7) is 0.732. The Balaban J connectivity index is 1.53. The highest BCUT2D eigenvalue weighted by Gasteiger charge is 2.10. The van der Waals surface area contributed by atoms with Gasteiger partial charge in [0.1, 0.15) is 18.1 Å². The van der Waals surface area contributed by atoms with Gasteiger partial charge in [-0.1, -0.05) is 23.7 Å². The Labute approximate surface area is 162 Å². The SMILES string of the molecule is COc1ccc(OCc2ccc(C(=O)NCc3c(Cl)cnn3C)cc2)cc1. The van der Waals surface area contributed by atoms with E-state index in [9.17, 15) is 4.79 Å². The van der Waals surface area contributed by atoms with Crippen molar-refractivity contribution in [1.29, 1.82) is 0 Å². The summed E-state index contributed by atoms with van der Waals surface area (Å²) in [6, 6.07) is 14.7. The van der Waals surface area contributed by atoms with E-state index in [1.807, 2.05) is 36.4 Å². The van der Waals surface area contributed by atoms with Gasteiger partial charge >= 0.3 is 0 Å². The highest BCUT2D eigenvalue weighted by molar-refractivity contribution is 6.31. The number of nitrogens with zero attached hydrogens (tertiary/aromatic N) is 2. The van der Waals surface area contributed by atoms with Crippen LogP contribution in [-0.4, -0.2) is 22.8 Å². The normalized spacial score (nSPS) is 10.5. The fraction of sp³-hybridized carbons (Fsp3) is 0.200. The van der Waals surface area contributed by atoms with E-state index in [-0.39, 0.29) is 5.91 Å². The first-order chi connectivity index (χ1) is 13.1. The molecule has 0 unspecified atom stereocenters. The predicted molar refractivity (Wildman–Crippen MR) is 103 cm³/mol. The molecule has 0 saturated heterocycles. The zero-order chi connectivity index (χ0) is 19.2. The summed E-state index contributed by atoms with van der Waals surface area (Å²) in [4.78, 5) is 12.3. The number of aromatic nitrogens is 2. The van der Waals surface area contributed by atoms with Crippen LogP contribution in [0.15, 0.2) is 54.7 Å². The van der Waals surface area contributed by atoms with E-state index in [0.717, 1.165) is 22.8 Å². The third kappa shape index (κ3) is 4.80. The first kappa shape index (κ1) is 18.8. The molecule has 0 aliphatic heterocycles. The largest absolute Gasteiger partial charge is 0.497 e. The predicted octanol–water partition coefficient (Wildman–Crippen LogP) is 3.59. The number of ether oxygens (including phenoxy) is 2. The molecule has 7 heteroatoms. The number of carbonyl (C=O) groups excluding carboxylic acids is 1. The molecule has 0 saturated carbocycles. The average Bonchev–Trinajstić information content (AvgIpc) is 3.03. The fourth-order valence-electron chi connectivity index (χ4n) is 2.49. The molecule has 1 amide bonds. The number of rotatable bonds is 7. The van der Waals surface area contributed by atoms with Gasteiger partial charge < -0.3 is 14.8 Å². The number of hydrogen-bond acceptors (Lipinski definition) is 4. The lowest BCUT2D eigenvalue weighted by atomic mass is 10.1. The van der Waals surface area contributed by atoms with Crippen LogP contribution in [0.4, 0.5) is 0 Å². The van der Waals surface area contributed by atoms with Crippen LogP contribution in [0.5, 0.6) is 11.5 Å². The molecule has 1 heterocycles. The number of methoxy groups -OCH3 is 1. The maximum Gasteiger partial charge on any atom is 0.251 e. The maximum atomic E-state index is 12.3. The van der Waals surface area contributed by atoms with E-state index in [1.54, 1.807) is 37.2 Å². The van der Waals surface area contributed by atoms with Crippen LogP contribution >= 0.6 is 11.6 Å². The van der Waals surface area contributed by atoms with Crippen LogP contribution in [0.25, 0.3) is 0 Å². The van der Waals surface area contributed by atoms with Crippen LogP contribution in [-0.2, 0) is 20.2 Å². The van der Waals surface area contributed by atoms with Gasteiger partial charge in [-0.05, 0) is 42.0 Å². The number of hydrogen-bond donors (Lipinski definition) is 1. The Morgan fingerprint density at radius 1 is 1.11 bits per heavy atom. The van der Waals surface area contributed by atoms with E-state index in [1.165, 1.54) is 0 Å². The first-order valence-corrected chi connectivity index (χ1v) is 8.75. The Bertz CT molecular complexity index is 886. The van der Waals surface area contributed by atoms with Crippen LogP contribution < -0.4 is 14.8 Å². The minimum absolute atomic E-state index is 0.171. The molecular weight excluding hydrogens is 366 g/mol. The fourth-order valence-corrected chi connectivity index (χ4v) is 2.72. The molecule has 6 nitrogen and oxygen atoms in total. The molecule has 0 atom stereocenters. The van der Waals surface area contributed by atoms with Crippen LogP contribution in [0.3, 0.4) is 0 Å². The Morgan fingerprint density at radius 3 is 2.37 bits per heavy atom. The van der Waals surface area contributed by atoms with Gasteiger partial charge in [-0.3, -0.25) is 9.48 Å². The summed E-state index contributed by atoms with van der Waals surface area (Å²) in [5.41, 5.74) is 2.30. The number of benzene rings is 2. The minimum atomic E-state index is -0.171. The second kappa shape index (κ2) is 8.60. The van der Waals surface area contributed by atoms with Crippen molar-refractivity contribution in [1.82, 2.24) is 15.1 Å². The van der Waals surface area contributed by atoms with Gasteiger partial charge in [0.05, 0.1) is 30.6 Å². The number of amides is 1. The molecule has 0 aliphatic carbocycles. The van der Waals surface area contributed by atoms with Crippen molar-refractivity contribution >= 4 is 17.5 Å². The van der Waals surface area contributed by atoms with Gasteiger partial charge in [0.15, 0.2) is 0 Å². The van der Waals surface area contributed by atoms with Gasteiger partial charge in [0.2, 0.25) is 0 Å². The quantitative estimate of drug-likeness (QED) is 0.675. The lowest BCUT2D eigenvalue weighted by Gasteiger charge is -2.09. The topological polar surface area (TPSA) is 65.4 Å². The monoisotopic (exact) mass is 385 g/mol. The molecule has 0 spiro atoms. The summed E-state index contributed by atoms with van der Waals surface area (Å²) in [6.07, 6.45) is 1.56. The Morgan fingerprint density at radius 2 is 1.78 bits per heavy atom. The average molecular weight is 386 g/mol. The third-order valence-electron chi connectivity index (χ3n) is 4.11. The second-order valence-electron chi connectivity index (χ2n) is 5.91. The van der Waals surface area contributed by atoms with Gasteiger partial charge in [0, 0.05) is 12.6 Å². The van der Waals surface area contributed by atoms with E-state index in [0.29, 0.717) is 23.7 Å². The van der Waals surface area contributed by atoms with Crippen molar-refractivity contribution in [2.24, 2.45) is 7.05 Å².